The van der Waals surface area contributed by atoms with Gasteiger partial charge >= 0.3 is 11.9 Å². The molecule has 1 aromatic heterocycles. The zero-order chi connectivity index (χ0) is 21.0. The molecule has 0 atom stereocenters. The quantitative estimate of drug-likeness (QED) is 0.275. The molecular formula is C21H19IN2O5. The molecule has 0 radical (unpaired) electrons. The highest BCUT2D eigenvalue weighted by atomic mass is 127. The van der Waals surface area contributed by atoms with E-state index in [-0.39, 0.29) is 36.9 Å². The Morgan fingerprint density at radius 1 is 0.966 bits per heavy atom. The van der Waals surface area contributed by atoms with Crippen molar-refractivity contribution in [2.75, 3.05) is 13.2 Å². The molecule has 0 saturated carbocycles. The van der Waals surface area contributed by atoms with Crippen molar-refractivity contribution in [2.24, 2.45) is 0 Å². The van der Waals surface area contributed by atoms with E-state index < -0.39 is 11.9 Å². The predicted molar refractivity (Wildman–Crippen MR) is 115 cm³/mol. The number of halogens is 1. The van der Waals surface area contributed by atoms with Crippen LogP contribution in [0.4, 0.5) is 0 Å². The van der Waals surface area contributed by atoms with Gasteiger partial charge in [0.15, 0.2) is 17.2 Å². The summed E-state index contributed by atoms with van der Waals surface area (Å²) in [6.45, 7) is 3.48. The van der Waals surface area contributed by atoms with Gasteiger partial charge in [0.25, 0.3) is 0 Å². The average Bonchev–Trinajstić information content (AvgIpc) is 3.04. The van der Waals surface area contributed by atoms with Gasteiger partial charge in [-0.1, -0.05) is 36.4 Å². The van der Waals surface area contributed by atoms with E-state index in [4.69, 9.17) is 9.47 Å². The molecule has 8 heteroatoms. The lowest BCUT2D eigenvalue weighted by Gasteiger charge is -2.07. The van der Waals surface area contributed by atoms with Crippen LogP contribution >= 0.6 is 22.6 Å². The lowest BCUT2D eigenvalue weighted by Crippen LogP contribution is -2.19. The first-order valence-corrected chi connectivity index (χ1v) is 10.2. The minimum atomic E-state index is -0.653. The van der Waals surface area contributed by atoms with Crippen molar-refractivity contribution in [3.8, 4) is 0 Å². The molecule has 7 nitrogen and oxygen atoms in total. The number of rotatable bonds is 7. The van der Waals surface area contributed by atoms with Crippen molar-refractivity contribution in [3.05, 3.63) is 63.0 Å². The Bertz CT molecular complexity index is 1090. The third kappa shape index (κ3) is 4.47. The normalized spacial score (nSPS) is 10.7. The Balaban J connectivity index is 1.97. The standard InChI is InChI=1S/C21H19IN2O5/c1-3-28-20(26)18-17(22)19(21(27)29-4-2)24(23-18)12-16(25)15-10-9-13-7-5-6-8-14(13)11-15/h5-11H,3-4,12H2,1-2H3. The van der Waals surface area contributed by atoms with Crippen LogP contribution in [0.3, 0.4) is 0 Å². The van der Waals surface area contributed by atoms with Gasteiger partial charge in [-0.25, -0.2) is 14.3 Å². The summed E-state index contributed by atoms with van der Waals surface area (Å²) in [5.41, 5.74) is 0.535. The van der Waals surface area contributed by atoms with Crippen LogP contribution in [-0.4, -0.2) is 40.7 Å². The number of hydrogen-bond acceptors (Lipinski definition) is 6. The fourth-order valence-electron chi connectivity index (χ4n) is 2.87. The minimum absolute atomic E-state index is 0.0122. The second kappa shape index (κ2) is 9.17. The second-order valence-corrected chi connectivity index (χ2v) is 7.17. The molecule has 2 aromatic carbocycles. The number of ketones is 1. The van der Waals surface area contributed by atoms with E-state index in [0.717, 1.165) is 10.8 Å². The van der Waals surface area contributed by atoms with Crippen LogP contribution in [0, 0.1) is 3.57 Å². The number of Topliss-reactive ketones (excluding diaryl/α,β-unsaturated/α-hetero) is 1. The van der Waals surface area contributed by atoms with Crippen LogP contribution in [-0.2, 0) is 16.0 Å². The molecule has 0 aliphatic heterocycles. The number of carbonyl (C=O) groups excluding carboxylic acids is 3. The first kappa shape index (κ1) is 21.0. The number of nitrogens with zero attached hydrogens (tertiary/aromatic N) is 2. The molecule has 1 heterocycles. The van der Waals surface area contributed by atoms with Crippen molar-refractivity contribution < 1.29 is 23.9 Å². The van der Waals surface area contributed by atoms with E-state index in [0.29, 0.717) is 9.13 Å². The van der Waals surface area contributed by atoms with Gasteiger partial charge < -0.3 is 9.47 Å². The zero-order valence-electron chi connectivity index (χ0n) is 16.0. The van der Waals surface area contributed by atoms with E-state index in [1.807, 2.05) is 52.9 Å². The largest absolute Gasteiger partial charge is 0.461 e. The van der Waals surface area contributed by atoms with E-state index >= 15 is 0 Å². The van der Waals surface area contributed by atoms with Gasteiger partial charge in [0, 0.05) is 5.56 Å². The highest BCUT2D eigenvalue weighted by molar-refractivity contribution is 14.1. The molecule has 0 spiro atoms. The zero-order valence-corrected chi connectivity index (χ0v) is 18.1. The van der Waals surface area contributed by atoms with Gasteiger partial charge in [-0.05, 0) is 53.3 Å². The van der Waals surface area contributed by atoms with Gasteiger partial charge in [-0.3, -0.25) is 4.79 Å². The predicted octanol–water partition coefficient (Wildman–Crippen LogP) is 3.88. The maximum Gasteiger partial charge on any atom is 0.359 e. The third-order valence-corrected chi connectivity index (χ3v) is 5.22. The summed E-state index contributed by atoms with van der Waals surface area (Å²) in [6.07, 6.45) is 0. The first-order chi connectivity index (χ1) is 14.0. The molecule has 0 aliphatic carbocycles. The second-order valence-electron chi connectivity index (χ2n) is 6.09. The van der Waals surface area contributed by atoms with E-state index in [1.165, 1.54) is 4.68 Å². The van der Waals surface area contributed by atoms with Crippen LogP contribution in [0.2, 0.25) is 0 Å². The third-order valence-electron chi connectivity index (χ3n) is 4.20. The molecule has 0 aliphatic rings. The van der Waals surface area contributed by atoms with E-state index in [9.17, 15) is 14.4 Å². The highest BCUT2D eigenvalue weighted by Gasteiger charge is 2.28. The Kier molecular flexibility index (Phi) is 6.63. The monoisotopic (exact) mass is 506 g/mol. The Morgan fingerprint density at radius 2 is 1.62 bits per heavy atom. The summed E-state index contributed by atoms with van der Waals surface area (Å²) in [6, 6.07) is 13.1. The molecular weight excluding hydrogens is 487 g/mol. The molecule has 0 amide bonds. The van der Waals surface area contributed by atoms with Crippen LogP contribution in [0.5, 0.6) is 0 Å². The summed E-state index contributed by atoms with van der Waals surface area (Å²) in [5, 5.41) is 6.13. The SMILES string of the molecule is CCOC(=O)c1nn(CC(=O)c2ccc3ccccc3c2)c(C(=O)OCC)c1I. The number of ether oxygens (including phenoxy) is 2. The Labute approximate surface area is 181 Å². The molecule has 0 bridgehead atoms. The summed E-state index contributed by atoms with van der Waals surface area (Å²) < 4.78 is 11.6. The minimum Gasteiger partial charge on any atom is -0.461 e. The maximum atomic E-state index is 12.9. The van der Waals surface area contributed by atoms with Gasteiger partial charge in [0.05, 0.1) is 16.8 Å². The molecule has 29 heavy (non-hydrogen) atoms. The molecule has 0 fully saturated rings. The summed E-state index contributed by atoms with van der Waals surface area (Å²) in [5.74, 6) is -1.54. The number of carbonyl (C=O) groups is 3. The fourth-order valence-corrected chi connectivity index (χ4v) is 3.70. The fraction of sp³-hybridized carbons (Fsp3) is 0.238. The topological polar surface area (TPSA) is 87.5 Å². The number of aromatic nitrogens is 2. The molecule has 0 saturated heterocycles. The van der Waals surface area contributed by atoms with Crippen LogP contribution in [0.15, 0.2) is 42.5 Å². The van der Waals surface area contributed by atoms with E-state index in [2.05, 4.69) is 5.10 Å². The first-order valence-electron chi connectivity index (χ1n) is 9.08. The van der Waals surface area contributed by atoms with Crippen LogP contribution < -0.4 is 0 Å². The molecule has 3 aromatic rings. The maximum absolute atomic E-state index is 12.9. The number of benzene rings is 2. The van der Waals surface area contributed by atoms with Crippen molar-refractivity contribution >= 4 is 51.1 Å². The molecule has 0 N–H and O–H groups in total. The summed E-state index contributed by atoms with van der Waals surface area (Å²) >= 11 is 1.85. The highest BCUT2D eigenvalue weighted by Crippen LogP contribution is 2.21. The average molecular weight is 506 g/mol. The summed E-state index contributed by atoms with van der Waals surface area (Å²) in [4.78, 5) is 37.5. The van der Waals surface area contributed by atoms with Gasteiger partial charge in [-0.2, -0.15) is 5.10 Å². The Hall–Kier alpha value is -2.75. The van der Waals surface area contributed by atoms with E-state index in [1.54, 1.807) is 26.0 Å². The van der Waals surface area contributed by atoms with Crippen molar-refractivity contribution in [1.82, 2.24) is 9.78 Å². The lowest BCUT2D eigenvalue weighted by atomic mass is 10.0. The summed E-state index contributed by atoms with van der Waals surface area (Å²) in [7, 11) is 0. The lowest BCUT2D eigenvalue weighted by molar-refractivity contribution is 0.0505. The molecule has 0 unspecified atom stereocenters. The smallest absolute Gasteiger partial charge is 0.359 e. The van der Waals surface area contributed by atoms with Gasteiger partial charge in [0.1, 0.15) is 6.54 Å². The van der Waals surface area contributed by atoms with Gasteiger partial charge in [-0.15, -0.1) is 0 Å². The van der Waals surface area contributed by atoms with Crippen molar-refractivity contribution in [2.45, 2.75) is 20.4 Å². The van der Waals surface area contributed by atoms with Gasteiger partial charge in [0.2, 0.25) is 0 Å². The number of esters is 2. The van der Waals surface area contributed by atoms with Crippen molar-refractivity contribution in [3.63, 3.8) is 0 Å². The van der Waals surface area contributed by atoms with Crippen molar-refractivity contribution in [1.29, 1.82) is 0 Å². The number of fused-ring (bicyclic) bond motifs is 1. The molecule has 150 valence electrons. The number of hydrogen-bond donors (Lipinski definition) is 0. The van der Waals surface area contributed by atoms with Crippen LogP contribution in [0.25, 0.3) is 10.8 Å². The Morgan fingerprint density at radius 3 is 2.31 bits per heavy atom. The van der Waals surface area contributed by atoms with Crippen LogP contribution in [0.1, 0.15) is 45.2 Å². The molecule has 3 rings (SSSR count).